The number of hydrogen-bond donors (Lipinski definition) is 2. The molecule has 84 valence electrons. The van der Waals surface area contributed by atoms with E-state index in [9.17, 15) is 8.42 Å². The highest BCUT2D eigenvalue weighted by atomic mass is 32.2. The topological polar surface area (TPSA) is 75.4 Å². The molecule has 6 heteroatoms. The smallest absolute Gasteiger partial charge is 0.210 e. The molecule has 5 nitrogen and oxygen atoms in total. The monoisotopic (exact) mass is 221 g/mol. The molecule has 0 spiro atoms. The van der Waals surface area contributed by atoms with Crippen molar-refractivity contribution in [2.75, 3.05) is 25.4 Å². The molecule has 0 aromatic rings. The molecule has 0 amide bonds. The Balaban J connectivity index is 2.48. The predicted octanol–water partition coefficient (Wildman–Crippen LogP) is -1.04. The largest absolute Gasteiger partial charge is 0.314 e. The molecule has 2 atom stereocenters. The average molecular weight is 221 g/mol. The van der Waals surface area contributed by atoms with Crippen LogP contribution in [-0.4, -0.2) is 50.8 Å². The third kappa shape index (κ3) is 3.53. The molecule has 0 aromatic carbocycles. The third-order valence-electron chi connectivity index (χ3n) is 2.65. The Kier molecular flexibility index (Phi) is 3.88. The van der Waals surface area contributed by atoms with Crippen molar-refractivity contribution in [1.82, 2.24) is 10.2 Å². The van der Waals surface area contributed by atoms with Gasteiger partial charge in [-0.3, -0.25) is 4.90 Å². The van der Waals surface area contributed by atoms with Crippen LogP contribution in [0.2, 0.25) is 0 Å². The maximum absolute atomic E-state index is 10.8. The first-order valence-electron chi connectivity index (χ1n) is 4.87. The summed E-state index contributed by atoms with van der Waals surface area (Å²) in [4.78, 5) is 2.18. The molecular weight excluding hydrogens is 202 g/mol. The summed E-state index contributed by atoms with van der Waals surface area (Å²) < 4.78 is 21.6. The van der Waals surface area contributed by atoms with E-state index in [2.05, 4.69) is 24.1 Å². The summed E-state index contributed by atoms with van der Waals surface area (Å²) in [6, 6.07) is 0.751. The van der Waals surface area contributed by atoms with Gasteiger partial charge in [-0.25, -0.2) is 13.6 Å². The Labute approximate surface area is 85.7 Å². The lowest BCUT2D eigenvalue weighted by atomic mass is 10.1. The highest BCUT2D eigenvalue weighted by Crippen LogP contribution is 2.08. The molecule has 1 heterocycles. The van der Waals surface area contributed by atoms with Crippen LogP contribution in [-0.2, 0) is 10.0 Å². The Hall–Kier alpha value is -0.170. The number of nitrogens with two attached hydrogens (primary N) is 1. The SMILES string of the molecule is CC1CNCC(C)N1CCS(N)(=O)=O. The first kappa shape index (κ1) is 11.9. The number of rotatable bonds is 3. The van der Waals surface area contributed by atoms with Gasteiger partial charge in [-0.05, 0) is 13.8 Å². The molecule has 1 rings (SSSR count). The molecule has 0 saturated carbocycles. The maximum Gasteiger partial charge on any atom is 0.210 e. The minimum Gasteiger partial charge on any atom is -0.314 e. The Bertz CT molecular complexity index is 268. The van der Waals surface area contributed by atoms with Gasteiger partial charge in [-0.1, -0.05) is 0 Å². The van der Waals surface area contributed by atoms with E-state index in [1.54, 1.807) is 0 Å². The lowest BCUT2D eigenvalue weighted by Crippen LogP contribution is -2.56. The standard InChI is InChI=1S/C8H19N3O2S/c1-7-5-10-6-8(2)11(7)3-4-14(9,12)13/h7-8,10H,3-6H2,1-2H3,(H2,9,12,13). The van der Waals surface area contributed by atoms with Crippen LogP contribution in [0.3, 0.4) is 0 Å². The van der Waals surface area contributed by atoms with Crippen LogP contribution >= 0.6 is 0 Å². The van der Waals surface area contributed by atoms with Crippen LogP contribution in [0.25, 0.3) is 0 Å². The Morgan fingerprint density at radius 1 is 1.36 bits per heavy atom. The van der Waals surface area contributed by atoms with Crippen LogP contribution in [0.4, 0.5) is 0 Å². The number of primary sulfonamides is 1. The van der Waals surface area contributed by atoms with Gasteiger partial charge in [0.25, 0.3) is 0 Å². The molecule has 0 radical (unpaired) electrons. The second kappa shape index (κ2) is 4.57. The fourth-order valence-corrected chi connectivity index (χ4v) is 2.31. The summed E-state index contributed by atoms with van der Waals surface area (Å²) in [6.07, 6.45) is 0. The van der Waals surface area contributed by atoms with Crippen LogP contribution in [0.15, 0.2) is 0 Å². The van der Waals surface area contributed by atoms with Crippen molar-refractivity contribution in [2.24, 2.45) is 5.14 Å². The normalized spacial score (nSPS) is 30.5. The van der Waals surface area contributed by atoms with Crippen molar-refractivity contribution < 1.29 is 8.42 Å². The second-order valence-electron chi connectivity index (χ2n) is 3.96. The zero-order valence-electron chi connectivity index (χ0n) is 8.73. The van der Waals surface area contributed by atoms with Gasteiger partial charge in [0, 0.05) is 31.7 Å². The molecule has 1 aliphatic rings. The Morgan fingerprint density at radius 2 is 1.86 bits per heavy atom. The molecular formula is C8H19N3O2S. The van der Waals surface area contributed by atoms with Gasteiger partial charge in [-0.2, -0.15) is 0 Å². The van der Waals surface area contributed by atoms with Gasteiger partial charge in [0.05, 0.1) is 5.75 Å². The average Bonchev–Trinajstić information content (AvgIpc) is 2.01. The highest BCUT2D eigenvalue weighted by molar-refractivity contribution is 7.89. The van der Waals surface area contributed by atoms with Gasteiger partial charge in [0.1, 0.15) is 0 Å². The molecule has 0 aliphatic carbocycles. The fourth-order valence-electron chi connectivity index (χ4n) is 1.84. The molecule has 0 aromatic heterocycles. The molecule has 1 aliphatic heterocycles. The van der Waals surface area contributed by atoms with Crippen molar-refractivity contribution in [3.63, 3.8) is 0 Å². The zero-order chi connectivity index (χ0) is 10.8. The minimum absolute atomic E-state index is 0.0433. The van der Waals surface area contributed by atoms with E-state index in [1.807, 2.05) is 0 Å². The van der Waals surface area contributed by atoms with Crippen LogP contribution in [0.5, 0.6) is 0 Å². The van der Waals surface area contributed by atoms with E-state index in [4.69, 9.17) is 5.14 Å². The fraction of sp³-hybridized carbons (Fsp3) is 1.00. The maximum atomic E-state index is 10.8. The van der Waals surface area contributed by atoms with Crippen molar-refractivity contribution in [2.45, 2.75) is 25.9 Å². The lowest BCUT2D eigenvalue weighted by molar-refractivity contribution is 0.125. The van der Waals surface area contributed by atoms with E-state index in [1.165, 1.54) is 0 Å². The van der Waals surface area contributed by atoms with E-state index in [-0.39, 0.29) is 5.75 Å². The van der Waals surface area contributed by atoms with Crippen molar-refractivity contribution in [3.8, 4) is 0 Å². The summed E-state index contributed by atoms with van der Waals surface area (Å²) in [5, 5.41) is 8.26. The summed E-state index contributed by atoms with van der Waals surface area (Å²) in [5.74, 6) is 0.0433. The first-order valence-corrected chi connectivity index (χ1v) is 6.58. The number of nitrogens with one attached hydrogen (secondary N) is 1. The number of piperazine rings is 1. The number of sulfonamides is 1. The molecule has 1 saturated heterocycles. The van der Waals surface area contributed by atoms with Crippen molar-refractivity contribution in [3.05, 3.63) is 0 Å². The Morgan fingerprint density at radius 3 is 2.29 bits per heavy atom. The summed E-state index contributed by atoms with van der Waals surface area (Å²) in [5.41, 5.74) is 0. The third-order valence-corrected chi connectivity index (χ3v) is 3.40. The number of nitrogens with zero attached hydrogens (tertiary/aromatic N) is 1. The zero-order valence-corrected chi connectivity index (χ0v) is 9.55. The van der Waals surface area contributed by atoms with E-state index in [0.717, 1.165) is 13.1 Å². The van der Waals surface area contributed by atoms with Crippen LogP contribution in [0.1, 0.15) is 13.8 Å². The van der Waals surface area contributed by atoms with Gasteiger partial charge >= 0.3 is 0 Å². The first-order chi connectivity index (χ1) is 6.40. The van der Waals surface area contributed by atoms with Gasteiger partial charge in [-0.15, -0.1) is 0 Å². The van der Waals surface area contributed by atoms with Gasteiger partial charge < -0.3 is 5.32 Å². The van der Waals surface area contributed by atoms with E-state index in [0.29, 0.717) is 18.6 Å². The second-order valence-corrected chi connectivity index (χ2v) is 5.70. The molecule has 2 unspecified atom stereocenters. The van der Waals surface area contributed by atoms with Gasteiger partial charge in [0.15, 0.2) is 0 Å². The lowest BCUT2D eigenvalue weighted by Gasteiger charge is -2.39. The van der Waals surface area contributed by atoms with E-state index < -0.39 is 10.0 Å². The molecule has 0 bridgehead atoms. The number of hydrogen-bond acceptors (Lipinski definition) is 4. The van der Waals surface area contributed by atoms with Crippen molar-refractivity contribution >= 4 is 10.0 Å². The van der Waals surface area contributed by atoms with Crippen molar-refractivity contribution in [1.29, 1.82) is 0 Å². The predicted molar refractivity (Wildman–Crippen MR) is 56.5 cm³/mol. The highest BCUT2D eigenvalue weighted by Gasteiger charge is 2.24. The molecule has 14 heavy (non-hydrogen) atoms. The quantitative estimate of drug-likeness (QED) is 0.638. The minimum atomic E-state index is -3.33. The van der Waals surface area contributed by atoms with Gasteiger partial charge in [0.2, 0.25) is 10.0 Å². The van der Waals surface area contributed by atoms with E-state index >= 15 is 0 Å². The van der Waals surface area contributed by atoms with Crippen LogP contribution in [0, 0.1) is 0 Å². The summed E-state index contributed by atoms with van der Waals surface area (Å²) >= 11 is 0. The summed E-state index contributed by atoms with van der Waals surface area (Å²) in [7, 11) is -3.33. The molecule has 3 N–H and O–H groups in total. The summed E-state index contributed by atoms with van der Waals surface area (Å²) in [6.45, 7) is 6.53. The van der Waals surface area contributed by atoms with Crippen LogP contribution < -0.4 is 10.5 Å². The molecule has 1 fully saturated rings.